The van der Waals surface area contributed by atoms with E-state index in [1.807, 2.05) is 0 Å². The third-order valence-corrected chi connectivity index (χ3v) is 3.63. The second kappa shape index (κ2) is 6.76. The van der Waals surface area contributed by atoms with Crippen LogP contribution < -0.4 is 5.32 Å². The molecule has 0 atom stereocenters. The van der Waals surface area contributed by atoms with E-state index in [0.717, 1.165) is 26.3 Å². The molecule has 0 radical (unpaired) electrons. The number of likely N-dealkylation sites (N-methyl/N-ethyl adjacent to an activating group) is 1. The summed E-state index contributed by atoms with van der Waals surface area (Å²) >= 11 is 0. The fourth-order valence-electron chi connectivity index (χ4n) is 2.44. The van der Waals surface area contributed by atoms with Crippen LogP contribution in [0.4, 0.5) is 5.69 Å². The fraction of sp³-hybridized carbons (Fsp3) is 0.600. The van der Waals surface area contributed by atoms with Gasteiger partial charge in [0.2, 0.25) is 0 Å². The summed E-state index contributed by atoms with van der Waals surface area (Å²) in [4.78, 5) is 2.45. The highest BCUT2D eigenvalue weighted by Crippen LogP contribution is 2.13. The van der Waals surface area contributed by atoms with Crippen LogP contribution in [0.1, 0.15) is 18.4 Å². The molecule has 1 saturated heterocycles. The molecule has 3 heteroatoms. The Labute approximate surface area is 110 Å². The Balaban J connectivity index is 1.71. The highest BCUT2D eigenvalue weighted by Gasteiger charge is 2.17. The van der Waals surface area contributed by atoms with Gasteiger partial charge in [0.25, 0.3) is 0 Å². The predicted molar refractivity (Wildman–Crippen MR) is 76.1 cm³/mol. The zero-order valence-corrected chi connectivity index (χ0v) is 11.5. The number of nitrogens with one attached hydrogen (secondary N) is 1. The summed E-state index contributed by atoms with van der Waals surface area (Å²) in [7, 11) is 2.22. The monoisotopic (exact) mass is 248 g/mol. The van der Waals surface area contributed by atoms with Crippen molar-refractivity contribution in [3.05, 3.63) is 29.8 Å². The van der Waals surface area contributed by atoms with Crippen LogP contribution in [0.15, 0.2) is 24.3 Å². The molecular weight excluding hydrogens is 224 g/mol. The summed E-state index contributed by atoms with van der Waals surface area (Å²) in [5.41, 5.74) is 2.52. The lowest BCUT2D eigenvalue weighted by atomic mass is 10.1. The van der Waals surface area contributed by atoms with Crippen molar-refractivity contribution in [2.75, 3.05) is 38.7 Å². The van der Waals surface area contributed by atoms with E-state index >= 15 is 0 Å². The normalized spacial score (nSPS) is 17.1. The van der Waals surface area contributed by atoms with Crippen molar-refractivity contribution in [1.82, 2.24) is 4.90 Å². The smallest absolute Gasteiger partial charge is 0.0480 e. The van der Waals surface area contributed by atoms with Crippen molar-refractivity contribution in [1.29, 1.82) is 0 Å². The van der Waals surface area contributed by atoms with E-state index in [2.05, 4.69) is 48.5 Å². The molecule has 0 spiro atoms. The molecule has 2 rings (SSSR count). The summed E-state index contributed by atoms with van der Waals surface area (Å²) in [5, 5.41) is 3.48. The minimum absolute atomic E-state index is 0.693. The molecule has 18 heavy (non-hydrogen) atoms. The lowest BCUT2D eigenvalue weighted by molar-refractivity contribution is 0.0443. The topological polar surface area (TPSA) is 24.5 Å². The molecule has 0 amide bonds. The average Bonchev–Trinajstić information content (AvgIpc) is 2.40. The summed E-state index contributed by atoms with van der Waals surface area (Å²) in [6, 6.07) is 9.23. The van der Waals surface area contributed by atoms with E-state index in [1.54, 1.807) is 0 Å². The van der Waals surface area contributed by atoms with Crippen LogP contribution in [0.3, 0.4) is 0 Å². The number of benzene rings is 1. The van der Waals surface area contributed by atoms with Gasteiger partial charge in [0.1, 0.15) is 0 Å². The van der Waals surface area contributed by atoms with E-state index < -0.39 is 0 Å². The van der Waals surface area contributed by atoms with Gasteiger partial charge in [-0.3, -0.25) is 0 Å². The van der Waals surface area contributed by atoms with Gasteiger partial charge in [0.05, 0.1) is 0 Å². The first-order valence-corrected chi connectivity index (χ1v) is 6.84. The maximum atomic E-state index is 5.39. The van der Waals surface area contributed by atoms with Crippen molar-refractivity contribution in [3.8, 4) is 0 Å². The van der Waals surface area contributed by atoms with Crippen LogP contribution >= 0.6 is 0 Å². The van der Waals surface area contributed by atoms with Gasteiger partial charge in [-0.2, -0.15) is 0 Å². The number of nitrogens with zero attached hydrogens (tertiary/aromatic N) is 1. The first-order chi connectivity index (χ1) is 8.75. The average molecular weight is 248 g/mol. The van der Waals surface area contributed by atoms with Crippen LogP contribution in [0.2, 0.25) is 0 Å². The van der Waals surface area contributed by atoms with Crippen LogP contribution in [-0.2, 0) is 4.74 Å². The molecule has 0 aliphatic carbocycles. The second-order valence-electron chi connectivity index (χ2n) is 5.12. The quantitative estimate of drug-likeness (QED) is 0.866. The highest BCUT2D eigenvalue weighted by molar-refractivity contribution is 5.45. The van der Waals surface area contributed by atoms with Gasteiger partial charge in [-0.25, -0.2) is 0 Å². The Hall–Kier alpha value is -1.06. The Morgan fingerprint density at radius 1 is 1.33 bits per heavy atom. The lowest BCUT2D eigenvalue weighted by Crippen LogP contribution is -2.39. The van der Waals surface area contributed by atoms with Gasteiger partial charge in [0.15, 0.2) is 0 Å². The molecule has 0 aromatic heterocycles. The molecule has 0 bridgehead atoms. The van der Waals surface area contributed by atoms with Crippen LogP contribution in [-0.4, -0.2) is 44.3 Å². The van der Waals surface area contributed by atoms with Gasteiger partial charge in [0, 0.05) is 38.0 Å². The van der Waals surface area contributed by atoms with Crippen LogP contribution in [0.5, 0.6) is 0 Å². The first-order valence-electron chi connectivity index (χ1n) is 6.84. The highest BCUT2D eigenvalue weighted by atomic mass is 16.5. The largest absolute Gasteiger partial charge is 0.384 e. The van der Waals surface area contributed by atoms with Gasteiger partial charge in [-0.15, -0.1) is 0 Å². The maximum absolute atomic E-state index is 5.39. The number of ether oxygens (including phenoxy) is 1. The Morgan fingerprint density at radius 2 is 2.11 bits per heavy atom. The number of rotatable bonds is 5. The molecule has 1 aliphatic heterocycles. The summed E-state index contributed by atoms with van der Waals surface area (Å²) in [5.74, 6) is 0. The van der Waals surface area contributed by atoms with Crippen molar-refractivity contribution >= 4 is 5.69 Å². The first kappa shape index (κ1) is 13.4. The van der Waals surface area contributed by atoms with Gasteiger partial charge in [-0.05, 0) is 44.5 Å². The van der Waals surface area contributed by atoms with Gasteiger partial charge in [-0.1, -0.05) is 12.1 Å². The summed E-state index contributed by atoms with van der Waals surface area (Å²) < 4.78 is 5.39. The maximum Gasteiger partial charge on any atom is 0.0480 e. The molecular formula is C15H24N2O. The third kappa shape index (κ3) is 4.00. The van der Waals surface area contributed by atoms with E-state index in [4.69, 9.17) is 4.74 Å². The van der Waals surface area contributed by atoms with Crippen molar-refractivity contribution in [2.24, 2.45) is 0 Å². The Morgan fingerprint density at radius 3 is 2.83 bits per heavy atom. The summed E-state index contributed by atoms with van der Waals surface area (Å²) in [6.07, 6.45) is 2.34. The van der Waals surface area contributed by atoms with E-state index in [1.165, 1.54) is 24.1 Å². The number of hydrogen-bond donors (Lipinski definition) is 1. The van der Waals surface area contributed by atoms with Crippen LogP contribution in [0, 0.1) is 6.92 Å². The molecule has 1 aliphatic rings. The summed E-state index contributed by atoms with van der Waals surface area (Å²) in [6.45, 7) is 6.04. The molecule has 1 aromatic rings. The Kier molecular flexibility index (Phi) is 5.02. The SMILES string of the molecule is Cc1cccc(NCCN(C)C2CCOCC2)c1. The van der Waals surface area contributed by atoms with E-state index in [0.29, 0.717) is 6.04 Å². The van der Waals surface area contributed by atoms with Gasteiger partial charge < -0.3 is 15.0 Å². The van der Waals surface area contributed by atoms with Crippen molar-refractivity contribution in [2.45, 2.75) is 25.8 Å². The number of anilines is 1. The van der Waals surface area contributed by atoms with Crippen LogP contribution in [0.25, 0.3) is 0 Å². The number of hydrogen-bond acceptors (Lipinski definition) is 3. The van der Waals surface area contributed by atoms with Crippen molar-refractivity contribution < 1.29 is 4.74 Å². The molecule has 0 saturated carbocycles. The zero-order valence-electron chi connectivity index (χ0n) is 11.5. The van der Waals surface area contributed by atoms with Gasteiger partial charge >= 0.3 is 0 Å². The fourth-order valence-corrected chi connectivity index (χ4v) is 2.44. The zero-order chi connectivity index (χ0) is 12.8. The van der Waals surface area contributed by atoms with Crippen molar-refractivity contribution in [3.63, 3.8) is 0 Å². The molecule has 1 N–H and O–H groups in total. The minimum atomic E-state index is 0.693. The predicted octanol–water partition coefficient (Wildman–Crippen LogP) is 2.52. The second-order valence-corrected chi connectivity index (χ2v) is 5.12. The lowest BCUT2D eigenvalue weighted by Gasteiger charge is -2.31. The van der Waals surface area contributed by atoms with E-state index in [9.17, 15) is 0 Å². The molecule has 1 fully saturated rings. The third-order valence-electron chi connectivity index (χ3n) is 3.63. The van der Waals surface area contributed by atoms with E-state index in [-0.39, 0.29) is 0 Å². The standard InChI is InChI=1S/C15H24N2O/c1-13-4-3-5-14(12-13)16-8-9-17(2)15-6-10-18-11-7-15/h3-5,12,15-16H,6-11H2,1-2H3. The Bertz CT molecular complexity index is 361. The molecule has 1 heterocycles. The number of aryl methyl sites for hydroxylation is 1. The molecule has 0 unspecified atom stereocenters. The molecule has 100 valence electrons. The minimum Gasteiger partial charge on any atom is -0.384 e. The molecule has 1 aromatic carbocycles. The molecule has 3 nitrogen and oxygen atoms in total.